The molecule has 1 aromatic carbocycles. The normalized spacial score (nSPS) is 17.4. The molecule has 0 aliphatic carbocycles. The van der Waals surface area contributed by atoms with Crippen molar-refractivity contribution in [2.45, 2.75) is 24.0 Å². The average Bonchev–Trinajstić information content (AvgIpc) is 3.44. The van der Waals surface area contributed by atoms with Crippen LogP contribution in [0.2, 0.25) is 0 Å². The molecule has 1 aliphatic heterocycles. The number of nitrogens with one attached hydrogen (secondary N) is 1. The van der Waals surface area contributed by atoms with Crippen LogP contribution >= 0.6 is 22.7 Å². The standard InChI is InChI=1S/C21H23N3O4S3/c1-14-19(15-7-9-17(28-2)10-8-15)22-21(30-14)23-20(25)16-5-3-11-24(13-16)31(26,27)18-6-4-12-29-18/h4,6-10,12,16H,3,5,11,13H2,1-2H3,(H,22,23,25). The van der Waals surface area contributed by atoms with Gasteiger partial charge in [-0.2, -0.15) is 4.31 Å². The third-order valence-electron chi connectivity index (χ3n) is 5.23. The molecule has 164 valence electrons. The fourth-order valence-electron chi connectivity index (χ4n) is 3.59. The summed E-state index contributed by atoms with van der Waals surface area (Å²) in [4.78, 5) is 18.5. The molecule has 1 fully saturated rings. The van der Waals surface area contributed by atoms with Crippen LogP contribution in [0.1, 0.15) is 17.7 Å². The van der Waals surface area contributed by atoms with Crippen molar-refractivity contribution < 1.29 is 17.9 Å². The zero-order chi connectivity index (χ0) is 22.0. The Balaban J connectivity index is 1.46. The summed E-state index contributed by atoms with van der Waals surface area (Å²) in [6, 6.07) is 10.9. The number of nitrogens with zero attached hydrogens (tertiary/aromatic N) is 2. The molecule has 2 aromatic heterocycles. The highest BCUT2D eigenvalue weighted by Gasteiger charge is 2.34. The minimum atomic E-state index is -3.55. The summed E-state index contributed by atoms with van der Waals surface area (Å²) in [7, 11) is -1.93. The van der Waals surface area contributed by atoms with Gasteiger partial charge in [0.2, 0.25) is 5.91 Å². The number of anilines is 1. The second-order valence-electron chi connectivity index (χ2n) is 7.28. The van der Waals surface area contributed by atoms with Crippen molar-refractivity contribution in [2.24, 2.45) is 5.92 Å². The van der Waals surface area contributed by atoms with Crippen LogP contribution in [0, 0.1) is 12.8 Å². The zero-order valence-corrected chi connectivity index (χ0v) is 19.6. The van der Waals surface area contributed by atoms with Gasteiger partial charge in [0.15, 0.2) is 5.13 Å². The summed E-state index contributed by atoms with van der Waals surface area (Å²) in [5.74, 6) is 0.169. The number of carbonyl (C=O) groups is 1. The minimum Gasteiger partial charge on any atom is -0.497 e. The number of rotatable bonds is 6. The summed E-state index contributed by atoms with van der Waals surface area (Å²) >= 11 is 2.61. The molecule has 1 atom stereocenters. The maximum absolute atomic E-state index is 12.9. The number of amides is 1. The van der Waals surface area contributed by atoms with E-state index in [4.69, 9.17) is 4.74 Å². The van der Waals surface area contributed by atoms with Gasteiger partial charge in [0.25, 0.3) is 10.0 Å². The van der Waals surface area contributed by atoms with Crippen LogP contribution in [0.5, 0.6) is 5.75 Å². The van der Waals surface area contributed by atoms with E-state index < -0.39 is 15.9 Å². The number of piperidine rings is 1. The molecule has 0 radical (unpaired) electrons. The van der Waals surface area contributed by atoms with Crippen LogP contribution in [0.3, 0.4) is 0 Å². The first-order chi connectivity index (χ1) is 14.9. The molecule has 0 saturated carbocycles. The fourth-order valence-corrected chi connectivity index (χ4v) is 7.09. The van der Waals surface area contributed by atoms with E-state index in [0.29, 0.717) is 28.7 Å². The molecule has 31 heavy (non-hydrogen) atoms. The maximum atomic E-state index is 12.9. The summed E-state index contributed by atoms with van der Waals surface area (Å²) in [5, 5.41) is 5.16. The Bertz CT molecular complexity index is 1160. The number of carbonyl (C=O) groups excluding carboxylic acids is 1. The van der Waals surface area contributed by atoms with Crippen LogP contribution in [0.4, 0.5) is 5.13 Å². The summed E-state index contributed by atoms with van der Waals surface area (Å²) in [6.07, 6.45) is 1.30. The Hall–Kier alpha value is -2.27. The van der Waals surface area contributed by atoms with Gasteiger partial charge in [0, 0.05) is 23.5 Å². The number of benzene rings is 1. The molecule has 1 saturated heterocycles. The highest BCUT2D eigenvalue weighted by Crippen LogP contribution is 2.32. The van der Waals surface area contributed by atoms with Crippen molar-refractivity contribution in [1.29, 1.82) is 0 Å². The van der Waals surface area contributed by atoms with E-state index in [2.05, 4.69) is 10.3 Å². The molecule has 4 rings (SSSR count). The molecule has 1 amide bonds. The van der Waals surface area contributed by atoms with Gasteiger partial charge in [-0.25, -0.2) is 13.4 Å². The Kier molecular flexibility index (Phi) is 6.42. The van der Waals surface area contributed by atoms with Gasteiger partial charge in [0.05, 0.1) is 18.7 Å². The Morgan fingerprint density at radius 1 is 1.26 bits per heavy atom. The number of thiazole rings is 1. The number of ether oxygens (including phenoxy) is 1. The fraction of sp³-hybridized carbons (Fsp3) is 0.333. The molecule has 1 aliphatic rings. The lowest BCUT2D eigenvalue weighted by Crippen LogP contribution is -2.43. The highest BCUT2D eigenvalue weighted by molar-refractivity contribution is 7.91. The quantitative estimate of drug-likeness (QED) is 0.574. The Morgan fingerprint density at radius 3 is 2.71 bits per heavy atom. The largest absolute Gasteiger partial charge is 0.497 e. The lowest BCUT2D eigenvalue weighted by atomic mass is 9.99. The first-order valence-corrected chi connectivity index (χ1v) is 13.0. The van der Waals surface area contributed by atoms with E-state index in [9.17, 15) is 13.2 Å². The smallest absolute Gasteiger partial charge is 0.252 e. The Labute approximate surface area is 189 Å². The van der Waals surface area contributed by atoms with Crippen LogP contribution in [0.25, 0.3) is 11.3 Å². The first-order valence-electron chi connectivity index (χ1n) is 9.85. The van der Waals surface area contributed by atoms with Gasteiger partial charge < -0.3 is 10.1 Å². The van der Waals surface area contributed by atoms with E-state index in [1.54, 1.807) is 24.6 Å². The van der Waals surface area contributed by atoms with Crippen molar-refractivity contribution >= 4 is 43.7 Å². The highest BCUT2D eigenvalue weighted by atomic mass is 32.2. The first kappa shape index (κ1) is 21.9. The van der Waals surface area contributed by atoms with E-state index in [1.807, 2.05) is 31.2 Å². The second kappa shape index (κ2) is 9.07. The SMILES string of the molecule is COc1ccc(-c2nc(NC(=O)C3CCCN(S(=O)(=O)c4cccs4)C3)sc2C)cc1. The van der Waals surface area contributed by atoms with Crippen molar-refractivity contribution in [3.63, 3.8) is 0 Å². The molecule has 0 spiro atoms. The maximum Gasteiger partial charge on any atom is 0.252 e. The van der Waals surface area contributed by atoms with Crippen LogP contribution in [-0.4, -0.2) is 43.8 Å². The zero-order valence-electron chi connectivity index (χ0n) is 17.2. The van der Waals surface area contributed by atoms with Gasteiger partial charge in [-0.1, -0.05) is 6.07 Å². The van der Waals surface area contributed by atoms with Gasteiger partial charge in [-0.15, -0.1) is 22.7 Å². The van der Waals surface area contributed by atoms with Crippen LogP contribution in [0.15, 0.2) is 46.0 Å². The van der Waals surface area contributed by atoms with Crippen molar-refractivity contribution in [3.05, 3.63) is 46.7 Å². The topological polar surface area (TPSA) is 88.6 Å². The molecular weight excluding hydrogens is 454 g/mol. The Morgan fingerprint density at radius 2 is 2.03 bits per heavy atom. The number of hydrogen-bond acceptors (Lipinski definition) is 7. The second-order valence-corrected chi connectivity index (χ2v) is 11.6. The number of hydrogen-bond donors (Lipinski definition) is 1. The van der Waals surface area contributed by atoms with Gasteiger partial charge in [-0.05, 0) is 55.5 Å². The monoisotopic (exact) mass is 477 g/mol. The van der Waals surface area contributed by atoms with Gasteiger partial charge in [0.1, 0.15) is 9.96 Å². The number of aromatic nitrogens is 1. The number of sulfonamides is 1. The van der Waals surface area contributed by atoms with E-state index in [-0.39, 0.29) is 12.5 Å². The van der Waals surface area contributed by atoms with E-state index in [0.717, 1.165) is 21.9 Å². The molecule has 1 unspecified atom stereocenters. The average molecular weight is 478 g/mol. The van der Waals surface area contributed by atoms with Gasteiger partial charge >= 0.3 is 0 Å². The van der Waals surface area contributed by atoms with Crippen molar-refractivity contribution in [2.75, 3.05) is 25.5 Å². The van der Waals surface area contributed by atoms with E-state index in [1.165, 1.54) is 27.0 Å². The number of methoxy groups -OCH3 is 1. The summed E-state index contributed by atoms with van der Waals surface area (Å²) < 4.78 is 32.5. The lowest BCUT2D eigenvalue weighted by molar-refractivity contribution is -0.120. The summed E-state index contributed by atoms with van der Waals surface area (Å²) in [5.41, 5.74) is 1.76. The molecule has 7 nitrogen and oxygen atoms in total. The third kappa shape index (κ3) is 4.67. The van der Waals surface area contributed by atoms with Crippen LogP contribution in [-0.2, 0) is 14.8 Å². The summed E-state index contributed by atoms with van der Waals surface area (Å²) in [6.45, 7) is 2.58. The predicted molar refractivity (Wildman–Crippen MR) is 123 cm³/mol. The third-order valence-corrected chi connectivity index (χ3v) is 9.36. The molecular formula is C21H23N3O4S3. The lowest BCUT2D eigenvalue weighted by Gasteiger charge is -2.30. The van der Waals surface area contributed by atoms with Gasteiger partial charge in [-0.3, -0.25) is 4.79 Å². The molecule has 10 heteroatoms. The molecule has 3 aromatic rings. The van der Waals surface area contributed by atoms with Crippen molar-refractivity contribution in [1.82, 2.24) is 9.29 Å². The van der Waals surface area contributed by atoms with Crippen molar-refractivity contribution in [3.8, 4) is 17.0 Å². The number of thiophene rings is 1. The molecule has 1 N–H and O–H groups in total. The van der Waals surface area contributed by atoms with Crippen LogP contribution < -0.4 is 10.1 Å². The molecule has 0 bridgehead atoms. The van der Waals surface area contributed by atoms with E-state index >= 15 is 0 Å². The number of aryl methyl sites for hydroxylation is 1. The molecule has 3 heterocycles. The minimum absolute atomic E-state index is 0.182. The predicted octanol–water partition coefficient (Wildman–Crippen LogP) is 4.23.